The highest BCUT2D eigenvalue weighted by molar-refractivity contribution is 5.53. The third-order valence-corrected chi connectivity index (χ3v) is 3.05. The zero-order chi connectivity index (χ0) is 13.1. The first kappa shape index (κ1) is 12.8. The molecule has 1 aliphatic rings. The second-order valence-electron chi connectivity index (χ2n) is 4.45. The van der Waals surface area contributed by atoms with Crippen LogP contribution in [0.2, 0.25) is 0 Å². The average Bonchev–Trinajstić information content (AvgIpc) is 2.38. The van der Waals surface area contributed by atoms with E-state index in [0.29, 0.717) is 24.4 Å². The van der Waals surface area contributed by atoms with E-state index in [2.05, 4.69) is 0 Å². The second kappa shape index (κ2) is 5.34. The molecule has 4 nitrogen and oxygen atoms in total. The Balaban J connectivity index is 2.29. The summed E-state index contributed by atoms with van der Waals surface area (Å²) in [5, 5.41) is 18.0. The van der Waals surface area contributed by atoms with Gasteiger partial charge in [-0.3, -0.25) is 0 Å². The molecule has 0 saturated carbocycles. The van der Waals surface area contributed by atoms with Gasteiger partial charge in [-0.05, 0) is 25.1 Å². The third kappa shape index (κ3) is 2.61. The van der Waals surface area contributed by atoms with Crippen LogP contribution in [0, 0.1) is 17.1 Å². The quantitative estimate of drug-likeness (QED) is 0.859. The van der Waals surface area contributed by atoms with Crippen LogP contribution in [0.15, 0.2) is 18.2 Å². The van der Waals surface area contributed by atoms with Crippen molar-refractivity contribution in [3.8, 4) is 6.07 Å². The molecule has 0 bridgehead atoms. The van der Waals surface area contributed by atoms with E-state index in [0.717, 1.165) is 0 Å². The number of morpholine rings is 1. The van der Waals surface area contributed by atoms with Gasteiger partial charge in [0.2, 0.25) is 0 Å². The summed E-state index contributed by atoms with van der Waals surface area (Å²) in [4.78, 5) is 1.95. The Morgan fingerprint density at radius 2 is 2.33 bits per heavy atom. The number of hydrogen-bond donors (Lipinski definition) is 1. The van der Waals surface area contributed by atoms with E-state index in [1.165, 1.54) is 12.1 Å². The molecular weight excluding hydrogens is 235 g/mol. The Morgan fingerprint density at radius 1 is 1.56 bits per heavy atom. The minimum Gasteiger partial charge on any atom is -0.394 e. The minimum atomic E-state index is -0.428. The number of nitriles is 1. The molecule has 0 amide bonds. The summed E-state index contributed by atoms with van der Waals surface area (Å²) in [6, 6.07) is 6.28. The lowest BCUT2D eigenvalue weighted by Crippen LogP contribution is -2.49. The van der Waals surface area contributed by atoms with Gasteiger partial charge in [0.15, 0.2) is 0 Å². The van der Waals surface area contributed by atoms with Gasteiger partial charge in [-0.1, -0.05) is 0 Å². The van der Waals surface area contributed by atoms with Gasteiger partial charge in [-0.2, -0.15) is 5.26 Å². The standard InChI is InChI=1S/C13H15FN2O2/c1-9-8-18-13(7-17)6-16(9)12-3-10(5-15)2-11(14)4-12/h2-4,9,13,17H,6-8H2,1H3. The molecule has 1 aromatic carbocycles. The van der Waals surface area contributed by atoms with E-state index in [-0.39, 0.29) is 18.8 Å². The first-order chi connectivity index (χ1) is 8.63. The van der Waals surface area contributed by atoms with E-state index in [4.69, 9.17) is 15.1 Å². The lowest BCUT2D eigenvalue weighted by molar-refractivity contribution is -0.0103. The minimum absolute atomic E-state index is 0.0658. The topological polar surface area (TPSA) is 56.5 Å². The highest BCUT2D eigenvalue weighted by Crippen LogP contribution is 2.24. The lowest BCUT2D eigenvalue weighted by atomic mass is 10.1. The van der Waals surface area contributed by atoms with Gasteiger partial charge in [-0.15, -0.1) is 0 Å². The summed E-state index contributed by atoms with van der Waals surface area (Å²) in [7, 11) is 0. The van der Waals surface area contributed by atoms with Crippen LogP contribution in [-0.4, -0.2) is 37.0 Å². The Labute approximate surface area is 105 Å². The maximum Gasteiger partial charge on any atom is 0.126 e. The molecule has 18 heavy (non-hydrogen) atoms. The Kier molecular flexibility index (Phi) is 3.80. The molecule has 2 rings (SSSR count). The predicted octanol–water partition coefficient (Wildman–Crippen LogP) is 1.28. The predicted molar refractivity (Wildman–Crippen MR) is 64.7 cm³/mol. The zero-order valence-electron chi connectivity index (χ0n) is 10.1. The molecular formula is C13H15FN2O2. The summed E-state index contributed by atoms with van der Waals surface area (Å²) in [6.45, 7) is 2.86. The molecule has 5 heteroatoms. The van der Waals surface area contributed by atoms with E-state index < -0.39 is 5.82 Å². The summed E-state index contributed by atoms with van der Waals surface area (Å²) in [6.07, 6.45) is -0.269. The van der Waals surface area contributed by atoms with Crippen molar-refractivity contribution in [1.82, 2.24) is 0 Å². The average molecular weight is 250 g/mol. The van der Waals surface area contributed by atoms with E-state index in [9.17, 15) is 4.39 Å². The van der Waals surface area contributed by atoms with E-state index in [1.807, 2.05) is 17.9 Å². The Hall–Kier alpha value is -1.64. The van der Waals surface area contributed by atoms with Crippen LogP contribution < -0.4 is 4.90 Å². The molecule has 2 atom stereocenters. The van der Waals surface area contributed by atoms with Crippen molar-refractivity contribution in [1.29, 1.82) is 5.26 Å². The smallest absolute Gasteiger partial charge is 0.126 e. The molecule has 96 valence electrons. The van der Waals surface area contributed by atoms with Crippen molar-refractivity contribution in [3.05, 3.63) is 29.6 Å². The molecule has 1 saturated heterocycles. The molecule has 0 spiro atoms. The van der Waals surface area contributed by atoms with Gasteiger partial charge >= 0.3 is 0 Å². The van der Waals surface area contributed by atoms with Crippen LogP contribution in [0.4, 0.5) is 10.1 Å². The highest BCUT2D eigenvalue weighted by Gasteiger charge is 2.26. The summed E-state index contributed by atoms with van der Waals surface area (Å²) in [5.41, 5.74) is 0.949. The van der Waals surface area contributed by atoms with Gasteiger partial charge < -0.3 is 14.7 Å². The van der Waals surface area contributed by atoms with Crippen molar-refractivity contribution < 1.29 is 14.2 Å². The number of rotatable bonds is 2. The fourth-order valence-electron chi connectivity index (χ4n) is 2.09. The summed E-state index contributed by atoms with van der Waals surface area (Å²) >= 11 is 0. The number of benzene rings is 1. The maximum absolute atomic E-state index is 13.4. The SMILES string of the molecule is CC1COC(CO)CN1c1cc(F)cc(C#N)c1. The van der Waals surface area contributed by atoms with Crippen LogP contribution >= 0.6 is 0 Å². The summed E-state index contributed by atoms with van der Waals surface area (Å²) < 4.78 is 18.8. The number of anilines is 1. The van der Waals surface area contributed by atoms with Crippen LogP contribution in [0.5, 0.6) is 0 Å². The Morgan fingerprint density at radius 3 is 3.00 bits per heavy atom. The number of hydrogen-bond acceptors (Lipinski definition) is 4. The molecule has 0 aliphatic carbocycles. The molecule has 1 aromatic rings. The third-order valence-electron chi connectivity index (χ3n) is 3.05. The maximum atomic E-state index is 13.4. The number of ether oxygens (including phenoxy) is 1. The van der Waals surface area contributed by atoms with Crippen molar-refractivity contribution in [2.24, 2.45) is 0 Å². The van der Waals surface area contributed by atoms with E-state index in [1.54, 1.807) is 6.07 Å². The van der Waals surface area contributed by atoms with Gasteiger partial charge in [-0.25, -0.2) is 4.39 Å². The number of aliphatic hydroxyl groups excluding tert-OH is 1. The van der Waals surface area contributed by atoms with Crippen LogP contribution in [0.3, 0.4) is 0 Å². The molecule has 1 N–H and O–H groups in total. The lowest BCUT2D eigenvalue weighted by Gasteiger charge is -2.39. The van der Waals surface area contributed by atoms with Crippen LogP contribution in [0.25, 0.3) is 0 Å². The van der Waals surface area contributed by atoms with Crippen molar-refractivity contribution >= 4 is 5.69 Å². The summed E-state index contributed by atoms with van der Waals surface area (Å²) in [5.74, 6) is -0.428. The van der Waals surface area contributed by atoms with Crippen LogP contribution in [0.1, 0.15) is 12.5 Å². The fraction of sp³-hybridized carbons (Fsp3) is 0.462. The first-order valence-corrected chi connectivity index (χ1v) is 5.84. The normalized spacial score (nSPS) is 23.8. The number of aliphatic hydroxyl groups is 1. The van der Waals surface area contributed by atoms with Crippen molar-refractivity contribution in [2.75, 3.05) is 24.7 Å². The van der Waals surface area contributed by atoms with Crippen LogP contribution in [-0.2, 0) is 4.74 Å². The van der Waals surface area contributed by atoms with Gasteiger partial charge in [0.1, 0.15) is 5.82 Å². The largest absolute Gasteiger partial charge is 0.394 e. The second-order valence-corrected chi connectivity index (χ2v) is 4.45. The Bertz CT molecular complexity index is 473. The van der Waals surface area contributed by atoms with E-state index >= 15 is 0 Å². The first-order valence-electron chi connectivity index (χ1n) is 5.84. The number of halogens is 1. The fourth-order valence-corrected chi connectivity index (χ4v) is 2.09. The monoisotopic (exact) mass is 250 g/mol. The number of nitrogens with zero attached hydrogens (tertiary/aromatic N) is 2. The molecule has 1 aliphatic heterocycles. The molecule has 2 unspecified atom stereocenters. The van der Waals surface area contributed by atoms with Gasteiger partial charge in [0.05, 0.1) is 31.0 Å². The molecule has 0 radical (unpaired) electrons. The van der Waals surface area contributed by atoms with Crippen molar-refractivity contribution in [2.45, 2.75) is 19.1 Å². The van der Waals surface area contributed by atoms with Gasteiger partial charge in [0.25, 0.3) is 0 Å². The van der Waals surface area contributed by atoms with Gasteiger partial charge in [0, 0.05) is 18.3 Å². The molecule has 0 aromatic heterocycles. The van der Waals surface area contributed by atoms with Crippen molar-refractivity contribution in [3.63, 3.8) is 0 Å². The highest BCUT2D eigenvalue weighted by atomic mass is 19.1. The molecule has 1 heterocycles. The zero-order valence-corrected chi connectivity index (χ0v) is 10.1. The molecule has 1 fully saturated rings.